The van der Waals surface area contributed by atoms with Gasteiger partial charge in [-0.1, -0.05) is 0 Å². The number of hydrogen-bond donors (Lipinski definition) is 2. The van der Waals surface area contributed by atoms with Crippen LogP contribution in [0.25, 0.3) is 0 Å². The van der Waals surface area contributed by atoms with Crippen LogP contribution in [0.1, 0.15) is 18.4 Å². The first-order valence-electron chi connectivity index (χ1n) is 6.13. The first-order valence-corrected chi connectivity index (χ1v) is 6.13. The maximum absolute atomic E-state index is 11.5. The monoisotopic (exact) mass is 292 g/mol. The lowest BCUT2D eigenvalue weighted by molar-refractivity contribution is -0.384. The number of anilines is 1. The summed E-state index contributed by atoms with van der Waals surface area (Å²) in [7, 11) is 0. The molecule has 21 heavy (non-hydrogen) atoms. The van der Waals surface area contributed by atoms with Gasteiger partial charge in [-0.3, -0.25) is 10.1 Å². The summed E-state index contributed by atoms with van der Waals surface area (Å²) in [6.45, 7) is 0.454. The van der Waals surface area contributed by atoms with Crippen LogP contribution in [0.3, 0.4) is 0 Å². The van der Waals surface area contributed by atoms with Crippen molar-refractivity contribution in [2.75, 3.05) is 18.5 Å². The molecule has 0 bridgehead atoms. The number of rotatable bonds is 4. The van der Waals surface area contributed by atoms with Gasteiger partial charge >= 0.3 is 11.7 Å². The fraction of sp³-hybridized carbons (Fsp3) is 0.417. The highest BCUT2D eigenvalue weighted by Gasteiger charge is 2.42. The van der Waals surface area contributed by atoms with Crippen LogP contribution < -0.4 is 5.32 Å². The first-order chi connectivity index (χ1) is 10.00. The van der Waals surface area contributed by atoms with E-state index in [2.05, 4.69) is 10.3 Å². The van der Waals surface area contributed by atoms with E-state index in [1.165, 1.54) is 12.3 Å². The maximum Gasteiger partial charge on any atom is 0.329 e. The predicted octanol–water partition coefficient (Wildman–Crippen LogP) is 0.907. The molecule has 0 atom stereocenters. The van der Waals surface area contributed by atoms with Crippen molar-refractivity contribution < 1.29 is 19.6 Å². The van der Waals surface area contributed by atoms with E-state index in [0.29, 0.717) is 0 Å². The number of aliphatic carboxylic acids is 1. The van der Waals surface area contributed by atoms with Gasteiger partial charge in [-0.15, -0.1) is 0 Å². The summed E-state index contributed by atoms with van der Waals surface area (Å²) in [5.41, 5.74) is -2.08. The quantitative estimate of drug-likeness (QED) is 0.616. The minimum Gasteiger partial charge on any atom is -0.480 e. The zero-order valence-corrected chi connectivity index (χ0v) is 10.9. The highest BCUT2D eigenvalue weighted by atomic mass is 16.6. The Balaban J connectivity index is 2.45. The molecule has 0 unspecified atom stereocenters. The average Bonchev–Trinajstić information content (AvgIpc) is 2.47. The number of nitrogens with one attached hydrogen (secondary N) is 1. The van der Waals surface area contributed by atoms with Crippen molar-refractivity contribution >= 4 is 17.5 Å². The van der Waals surface area contributed by atoms with Crippen LogP contribution >= 0.6 is 0 Å². The maximum atomic E-state index is 11.5. The van der Waals surface area contributed by atoms with Crippen molar-refractivity contribution in [3.05, 3.63) is 27.9 Å². The van der Waals surface area contributed by atoms with E-state index in [1.807, 2.05) is 0 Å². The summed E-state index contributed by atoms with van der Waals surface area (Å²) in [4.78, 5) is 25.7. The standard InChI is InChI=1S/C12H12N4O5/c13-7-8-1-4-14-10(9(8)16(19)20)15-12(11(17)18)2-5-21-6-3-12/h1,4H,2-3,5-6H2,(H,14,15)(H,17,18). The minimum atomic E-state index is -1.38. The van der Waals surface area contributed by atoms with Crippen LogP contribution in [0.5, 0.6) is 0 Å². The number of nitrogens with zero attached hydrogens (tertiary/aromatic N) is 3. The van der Waals surface area contributed by atoms with E-state index in [9.17, 15) is 20.0 Å². The molecule has 0 aromatic carbocycles. The summed E-state index contributed by atoms with van der Waals surface area (Å²) in [5.74, 6) is -1.35. The first kappa shape index (κ1) is 14.7. The number of hydrogen-bond acceptors (Lipinski definition) is 7. The third kappa shape index (κ3) is 2.75. The predicted molar refractivity (Wildman–Crippen MR) is 69.6 cm³/mol. The molecule has 1 saturated heterocycles. The van der Waals surface area contributed by atoms with E-state index in [-0.39, 0.29) is 37.4 Å². The summed E-state index contributed by atoms with van der Waals surface area (Å²) in [6, 6.07) is 2.91. The third-order valence-electron chi connectivity index (χ3n) is 3.34. The van der Waals surface area contributed by atoms with Gasteiger partial charge in [0, 0.05) is 32.3 Å². The molecule has 2 rings (SSSR count). The van der Waals surface area contributed by atoms with E-state index in [0.717, 1.165) is 0 Å². The van der Waals surface area contributed by atoms with Crippen LogP contribution in [0.15, 0.2) is 12.3 Å². The normalized spacial score (nSPS) is 16.7. The lowest BCUT2D eigenvalue weighted by atomic mass is 9.90. The van der Waals surface area contributed by atoms with Gasteiger partial charge < -0.3 is 15.2 Å². The molecule has 9 heteroatoms. The van der Waals surface area contributed by atoms with Gasteiger partial charge in [-0.25, -0.2) is 9.78 Å². The van der Waals surface area contributed by atoms with Gasteiger partial charge in [0.05, 0.1) is 4.92 Å². The van der Waals surface area contributed by atoms with E-state index in [4.69, 9.17) is 10.00 Å². The van der Waals surface area contributed by atoms with Gasteiger partial charge in [-0.05, 0) is 6.07 Å². The summed E-state index contributed by atoms with van der Waals surface area (Å²) in [6.07, 6.45) is 1.53. The van der Waals surface area contributed by atoms with E-state index in [1.54, 1.807) is 6.07 Å². The molecule has 0 saturated carbocycles. The Morgan fingerprint density at radius 2 is 2.24 bits per heavy atom. The Bertz CT molecular complexity index is 619. The summed E-state index contributed by atoms with van der Waals surface area (Å²) in [5, 5.41) is 32.1. The molecule has 1 fully saturated rings. The SMILES string of the molecule is N#Cc1ccnc(NC2(C(=O)O)CCOCC2)c1[N+](=O)[O-]. The van der Waals surface area contributed by atoms with E-state index < -0.39 is 22.1 Å². The van der Waals surface area contributed by atoms with Crippen molar-refractivity contribution in [1.29, 1.82) is 5.26 Å². The molecule has 1 aliphatic rings. The number of carboxylic acids is 1. The second-order valence-electron chi connectivity index (χ2n) is 4.55. The fourth-order valence-corrected chi connectivity index (χ4v) is 2.16. The minimum absolute atomic E-state index is 0.151. The van der Waals surface area contributed by atoms with Crippen LogP contribution in [-0.4, -0.2) is 39.7 Å². The van der Waals surface area contributed by atoms with Gasteiger partial charge in [0.25, 0.3) is 0 Å². The number of carboxylic acid groups (broad SMARTS) is 1. The molecule has 2 heterocycles. The Morgan fingerprint density at radius 3 is 2.76 bits per heavy atom. The Morgan fingerprint density at radius 1 is 1.57 bits per heavy atom. The molecule has 9 nitrogen and oxygen atoms in total. The molecule has 1 aromatic rings. The largest absolute Gasteiger partial charge is 0.480 e. The molecular weight excluding hydrogens is 280 g/mol. The van der Waals surface area contributed by atoms with Gasteiger partial charge in [0.1, 0.15) is 17.2 Å². The van der Waals surface area contributed by atoms with Gasteiger partial charge in [0.15, 0.2) is 0 Å². The van der Waals surface area contributed by atoms with Crippen LogP contribution in [0, 0.1) is 21.4 Å². The number of ether oxygens (including phenoxy) is 1. The van der Waals surface area contributed by atoms with Crippen LogP contribution in [0.4, 0.5) is 11.5 Å². The van der Waals surface area contributed by atoms with Crippen LogP contribution in [0.2, 0.25) is 0 Å². The molecule has 1 aliphatic heterocycles. The highest BCUT2D eigenvalue weighted by molar-refractivity contribution is 5.84. The zero-order chi connectivity index (χ0) is 15.5. The fourth-order valence-electron chi connectivity index (χ4n) is 2.16. The van der Waals surface area contributed by atoms with Crippen LogP contribution in [-0.2, 0) is 9.53 Å². The Hall–Kier alpha value is -2.73. The lowest BCUT2D eigenvalue weighted by Gasteiger charge is -2.34. The van der Waals surface area contributed by atoms with Crippen molar-refractivity contribution in [3.8, 4) is 6.07 Å². The highest BCUT2D eigenvalue weighted by Crippen LogP contribution is 2.32. The molecule has 0 aliphatic carbocycles. The second-order valence-corrected chi connectivity index (χ2v) is 4.55. The number of nitriles is 1. The van der Waals surface area contributed by atoms with Crippen molar-refractivity contribution in [3.63, 3.8) is 0 Å². The number of carbonyl (C=O) groups is 1. The summed E-state index contributed by atoms with van der Waals surface area (Å²) < 4.78 is 5.13. The molecule has 2 N–H and O–H groups in total. The number of nitro groups is 1. The smallest absolute Gasteiger partial charge is 0.329 e. The topological polar surface area (TPSA) is 138 Å². The Labute approximate surface area is 119 Å². The number of pyridine rings is 1. The molecule has 1 aromatic heterocycles. The molecule has 0 amide bonds. The zero-order valence-electron chi connectivity index (χ0n) is 10.9. The van der Waals surface area contributed by atoms with Gasteiger partial charge in [0.2, 0.25) is 5.82 Å². The number of aromatic nitrogens is 1. The van der Waals surface area contributed by atoms with E-state index >= 15 is 0 Å². The molecular formula is C12H12N4O5. The third-order valence-corrected chi connectivity index (χ3v) is 3.34. The molecule has 0 spiro atoms. The molecule has 110 valence electrons. The van der Waals surface area contributed by atoms with Crippen molar-refractivity contribution in [1.82, 2.24) is 4.98 Å². The van der Waals surface area contributed by atoms with Crippen molar-refractivity contribution in [2.24, 2.45) is 0 Å². The second kappa shape index (κ2) is 5.72. The average molecular weight is 292 g/mol. The molecule has 0 radical (unpaired) electrons. The van der Waals surface area contributed by atoms with Gasteiger partial charge in [-0.2, -0.15) is 5.26 Å². The van der Waals surface area contributed by atoms with Crippen molar-refractivity contribution in [2.45, 2.75) is 18.4 Å². The lowest BCUT2D eigenvalue weighted by Crippen LogP contribution is -2.50. The summed E-state index contributed by atoms with van der Waals surface area (Å²) >= 11 is 0. The Kier molecular flexibility index (Phi) is 4.00.